The standard InChI is InChI=1S/C8H13NO/c1-2-8-7(3-4-9-8)6-10-5-1/h1-2,7-9H,3-6H2. The van der Waals surface area contributed by atoms with E-state index in [2.05, 4.69) is 17.5 Å². The minimum atomic E-state index is 0.600. The highest BCUT2D eigenvalue weighted by Crippen LogP contribution is 2.18. The van der Waals surface area contributed by atoms with Gasteiger partial charge in [0, 0.05) is 12.0 Å². The summed E-state index contributed by atoms with van der Waals surface area (Å²) >= 11 is 0. The van der Waals surface area contributed by atoms with E-state index >= 15 is 0 Å². The molecule has 2 atom stereocenters. The van der Waals surface area contributed by atoms with E-state index in [4.69, 9.17) is 4.74 Å². The summed E-state index contributed by atoms with van der Waals surface area (Å²) in [7, 11) is 0. The summed E-state index contributed by atoms with van der Waals surface area (Å²) in [5.41, 5.74) is 0. The monoisotopic (exact) mass is 139 g/mol. The highest BCUT2D eigenvalue weighted by molar-refractivity contribution is 5.01. The third-order valence-electron chi connectivity index (χ3n) is 2.29. The molecule has 2 unspecified atom stereocenters. The van der Waals surface area contributed by atoms with Crippen LogP contribution in [0.4, 0.5) is 0 Å². The summed E-state index contributed by atoms with van der Waals surface area (Å²) in [6, 6.07) is 0.600. The first-order valence-electron chi connectivity index (χ1n) is 3.94. The van der Waals surface area contributed by atoms with Crippen molar-refractivity contribution in [3.05, 3.63) is 12.2 Å². The first-order chi connectivity index (χ1) is 4.97. The summed E-state index contributed by atoms with van der Waals surface area (Å²) in [6.07, 6.45) is 5.63. The molecule has 0 radical (unpaired) electrons. The molecule has 0 aromatic rings. The molecule has 2 heteroatoms. The smallest absolute Gasteiger partial charge is 0.0648 e. The van der Waals surface area contributed by atoms with E-state index in [1.807, 2.05) is 0 Å². The molecule has 2 aliphatic rings. The van der Waals surface area contributed by atoms with Crippen molar-refractivity contribution in [1.29, 1.82) is 0 Å². The third kappa shape index (κ3) is 1.09. The minimum absolute atomic E-state index is 0.600. The van der Waals surface area contributed by atoms with Gasteiger partial charge in [0.25, 0.3) is 0 Å². The molecule has 0 aromatic heterocycles. The lowest BCUT2D eigenvalue weighted by Crippen LogP contribution is -2.25. The maximum Gasteiger partial charge on any atom is 0.0648 e. The Kier molecular flexibility index (Phi) is 1.74. The Morgan fingerprint density at radius 1 is 1.50 bits per heavy atom. The van der Waals surface area contributed by atoms with Gasteiger partial charge in [0.2, 0.25) is 0 Å². The largest absolute Gasteiger partial charge is 0.377 e. The van der Waals surface area contributed by atoms with Gasteiger partial charge in [0.1, 0.15) is 0 Å². The molecule has 0 aromatic carbocycles. The van der Waals surface area contributed by atoms with Gasteiger partial charge in [-0.25, -0.2) is 0 Å². The van der Waals surface area contributed by atoms with Gasteiger partial charge in [-0.05, 0) is 13.0 Å². The fraction of sp³-hybridized carbons (Fsp3) is 0.750. The van der Waals surface area contributed by atoms with Crippen LogP contribution < -0.4 is 5.32 Å². The average molecular weight is 139 g/mol. The van der Waals surface area contributed by atoms with Crippen LogP contribution >= 0.6 is 0 Å². The lowest BCUT2D eigenvalue weighted by atomic mass is 10.0. The maximum absolute atomic E-state index is 5.38. The zero-order chi connectivity index (χ0) is 6.81. The van der Waals surface area contributed by atoms with Crippen molar-refractivity contribution in [1.82, 2.24) is 5.32 Å². The summed E-state index contributed by atoms with van der Waals surface area (Å²) in [5.74, 6) is 0.735. The van der Waals surface area contributed by atoms with Crippen LogP contribution in [0.2, 0.25) is 0 Å². The number of fused-ring (bicyclic) bond motifs is 1. The van der Waals surface area contributed by atoms with Crippen LogP contribution in [0.3, 0.4) is 0 Å². The van der Waals surface area contributed by atoms with Gasteiger partial charge >= 0.3 is 0 Å². The lowest BCUT2D eigenvalue weighted by Gasteiger charge is -2.11. The van der Waals surface area contributed by atoms with Gasteiger partial charge in [-0.1, -0.05) is 12.2 Å². The molecule has 0 saturated carbocycles. The molecule has 2 heterocycles. The minimum Gasteiger partial charge on any atom is -0.377 e. The van der Waals surface area contributed by atoms with Crippen molar-refractivity contribution < 1.29 is 4.74 Å². The molecule has 2 aliphatic heterocycles. The molecule has 10 heavy (non-hydrogen) atoms. The summed E-state index contributed by atoms with van der Waals surface area (Å²) in [4.78, 5) is 0. The Labute approximate surface area is 61.3 Å². The van der Waals surface area contributed by atoms with Crippen molar-refractivity contribution in [2.45, 2.75) is 12.5 Å². The number of rotatable bonds is 0. The van der Waals surface area contributed by atoms with Crippen LogP contribution in [-0.4, -0.2) is 25.8 Å². The predicted molar refractivity (Wildman–Crippen MR) is 39.9 cm³/mol. The van der Waals surface area contributed by atoms with E-state index in [9.17, 15) is 0 Å². The number of nitrogens with one attached hydrogen (secondary N) is 1. The Morgan fingerprint density at radius 3 is 3.50 bits per heavy atom. The zero-order valence-electron chi connectivity index (χ0n) is 6.05. The Morgan fingerprint density at radius 2 is 2.50 bits per heavy atom. The van der Waals surface area contributed by atoms with Crippen LogP contribution in [0.5, 0.6) is 0 Å². The maximum atomic E-state index is 5.38. The van der Waals surface area contributed by atoms with Gasteiger partial charge in [-0.15, -0.1) is 0 Å². The quantitative estimate of drug-likeness (QED) is 0.495. The van der Waals surface area contributed by atoms with E-state index in [1.165, 1.54) is 6.42 Å². The molecule has 0 aliphatic carbocycles. The summed E-state index contributed by atoms with van der Waals surface area (Å²) in [5, 5.41) is 3.43. The first kappa shape index (κ1) is 6.38. The van der Waals surface area contributed by atoms with E-state index < -0.39 is 0 Å². The summed E-state index contributed by atoms with van der Waals surface area (Å²) in [6.45, 7) is 2.89. The molecule has 1 fully saturated rings. The van der Waals surface area contributed by atoms with Gasteiger partial charge in [-0.3, -0.25) is 0 Å². The molecule has 0 bridgehead atoms. The molecule has 56 valence electrons. The van der Waals surface area contributed by atoms with Crippen molar-refractivity contribution in [3.63, 3.8) is 0 Å². The molecule has 0 spiro atoms. The van der Waals surface area contributed by atoms with Crippen LogP contribution in [-0.2, 0) is 4.74 Å². The van der Waals surface area contributed by atoms with Crippen LogP contribution in [0.15, 0.2) is 12.2 Å². The Bertz CT molecular complexity index is 144. The molecule has 1 saturated heterocycles. The van der Waals surface area contributed by atoms with Gasteiger partial charge < -0.3 is 10.1 Å². The van der Waals surface area contributed by atoms with Gasteiger partial charge in [0.05, 0.1) is 13.2 Å². The average Bonchev–Trinajstić information content (AvgIpc) is 2.28. The Balaban J connectivity index is 2.06. The van der Waals surface area contributed by atoms with Crippen molar-refractivity contribution in [3.8, 4) is 0 Å². The van der Waals surface area contributed by atoms with Crippen molar-refractivity contribution in [2.24, 2.45) is 5.92 Å². The van der Waals surface area contributed by atoms with E-state index in [1.54, 1.807) is 0 Å². The van der Waals surface area contributed by atoms with Crippen LogP contribution in [0, 0.1) is 5.92 Å². The SMILES string of the molecule is C1=CC2NCCC2COC1. The van der Waals surface area contributed by atoms with Gasteiger partial charge in [-0.2, -0.15) is 0 Å². The fourth-order valence-corrected chi connectivity index (χ4v) is 1.68. The molecular formula is C8H13NO. The second kappa shape index (κ2) is 2.72. The highest BCUT2D eigenvalue weighted by Gasteiger charge is 2.25. The van der Waals surface area contributed by atoms with Crippen LogP contribution in [0.25, 0.3) is 0 Å². The van der Waals surface area contributed by atoms with Crippen molar-refractivity contribution >= 4 is 0 Å². The zero-order valence-corrected chi connectivity index (χ0v) is 6.05. The fourth-order valence-electron chi connectivity index (χ4n) is 1.68. The van der Waals surface area contributed by atoms with E-state index in [-0.39, 0.29) is 0 Å². The molecule has 1 N–H and O–H groups in total. The van der Waals surface area contributed by atoms with Crippen LogP contribution in [0.1, 0.15) is 6.42 Å². The number of ether oxygens (including phenoxy) is 1. The number of hydrogen-bond acceptors (Lipinski definition) is 2. The number of hydrogen-bond donors (Lipinski definition) is 1. The normalized spacial score (nSPS) is 39.2. The predicted octanol–water partition coefficient (Wildman–Crippen LogP) is 0.551. The second-order valence-electron chi connectivity index (χ2n) is 2.99. The second-order valence-corrected chi connectivity index (χ2v) is 2.99. The molecule has 2 nitrogen and oxygen atoms in total. The first-order valence-corrected chi connectivity index (χ1v) is 3.94. The highest BCUT2D eigenvalue weighted by atomic mass is 16.5. The third-order valence-corrected chi connectivity index (χ3v) is 2.29. The molecule has 2 rings (SSSR count). The van der Waals surface area contributed by atoms with Gasteiger partial charge in [0.15, 0.2) is 0 Å². The lowest BCUT2D eigenvalue weighted by molar-refractivity contribution is 0.129. The molecule has 0 amide bonds. The topological polar surface area (TPSA) is 21.3 Å². The molecular weight excluding hydrogens is 126 g/mol. The summed E-state index contributed by atoms with van der Waals surface area (Å²) < 4.78 is 5.38. The Hall–Kier alpha value is -0.340. The van der Waals surface area contributed by atoms with Crippen molar-refractivity contribution in [2.75, 3.05) is 19.8 Å². The van der Waals surface area contributed by atoms with E-state index in [0.717, 1.165) is 25.7 Å². The van der Waals surface area contributed by atoms with E-state index in [0.29, 0.717) is 6.04 Å².